The molecule has 112 valence electrons. The van der Waals surface area contributed by atoms with Gasteiger partial charge in [-0.15, -0.1) is 0 Å². The van der Waals surface area contributed by atoms with Crippen molar-refractivity contribution in [3.05, 3.63) is 29.8 Å². The first-order valence-corrected chi connectivity index (χ1v) is 6.68. The number of amides is 1. The van der Waals surface area contributed by atoms with E-state index in [1.165, 1.54) is 6.92 Å². The van der Waals surface area contributed by atoms with Crippen LogP contribution in [0.5, 0.6) is 5.75 Å². The summed E-state index contributed by atoms with van der Waals surface area (Å²) in [4.78, 5) is 23.0. The lowest BCUT2D eigenvalue weighted by Crippen LogP contribution is -2.46. The lowest BCUT2D eigenvalue weighted by atomic mass is 10.1. The number of carbonyl (C=O) groups excluding carboxylic acids is 1. The summed E-state index contributed by atoms with van der Waals surface area (Å²) in [5.41, 5.74) is 0.320. The molecule has 0 aliphatic carbocycles. The number of nitrogens with zero attached hydrogens (tertiary/aromatic N) is 1. The monoisotopic (exact) mass is 290 g/mol. The zero-order valence-electron chi connectivity index (χ0n) is 12.0. The number of hydrogen-bond acceptors (Lipinski definition) is 4. The van der Waals surface area contributed by atoms with Gasteiger partial charge in [-0.05, 0) is 25.5 Å². The van der Waals surface area contributed by atoms with Crippen LogP contribution in [0.3, 0.4) is 0 Å². The molecule has 0 fully saturated rings. The van der Waals surface area contributed by atoms with Crippen LogP contribution in [0.25, 0.3) is 0 Å². The van der Waals surface area contributed by atoms with Crippen LogP contribution in [0.1, 0.15) is 32.3 Å². The fourth-order valence-electron chi connectivity index (χ4n) is 1.74. The van der Waals surface area contributed by atoms with Gasteiger partial charge in [0, 0.05) is 0 Å². The van der Waals surface area contributed by atoms with Gasteiger partial charge in [-0.3, -0.25) is 4.79 Å². The van der Waals surface area contributed by atoms with Gasteiger partial charge < -0.3 is 15.2 Å². The van der Waals surface area contributed by atoms with E-state index in [2.05, 4.69) is 5.32 Å². The first-order valence-electron chi connectivity index (χ1n) is 6.68. The van der Waals surface area contributed by atoms with Crippen molar-refractivity contribution in [2.24, 2.45) is 0 Å². The molecule has 1 aromatic carbocycles. The zero-order valence-corrected chi connectivity index (χ0v) is 12.0. The molecule has 2 atom stereocenters. The summed E-state index contributed by atoms with van der Waals surface area (Å²) in [7, 11) is 0. The zero-order chi connectivity index (χ0) is 15.8. The molecule has 0 spiro atoms. The average Bonchev–Trinajstić information content (AvgIpc) is 2.47. The Kier molecular flexibility index (Phi) is 6.21. The molecule has 0 aromatic heterocycles. The summed E-state index contributed by atoms with van der Waals surface area (Å²) in [5.74, 6) is -1.30. The number of nitriles is 1. The number of carboxylic acids is 1. The topological polar surface area (TPSA) is 99.4 Å². The summed E-state index contributed by atoms with van der Waals surface area (Å²) in [6, 6.07) is 7.59. The molecular formula is C15H18N2O4. The van der Waals surface area contributed by atoms with E-state index in [4.69, 9.17) is 15.1 Å². The second kappa shape index (κ2) is 7.90. The lowest BCUT2D eigenvalue weighted by molar-refractivity contribution is -0.143. The van der Waals surface area contributed by atoms with E-state index in [1.807, 2.05) is 13.0 Å². The van der Waals surface area contributed by atoms with Gasteiger partial charge in [0.2, 0.25) is 0 Å². The molecule has 0 saturated heterocycles. The van der Waals surface area contributed by atoms with Crippen molar-refractivity contribution >= 4 is 11.9 Å². The van der Waals surface area contributed by atoms with E-state index < -0.39 is 24.0 Å². The Morgan fingerprint density at radius 3 is 2.67 bits per heavy atom. The van der Waals surface area contributed by atoms with Gasteiger partial charge >= 0.3 is 5.97 Å². The maximum absolute atomic E-state index is 12.0. The molecule has 0 aliphatic rings. The molecule has 0 heterocycles. The number of hydrogen-bond donors (Lipinski definition) is 2. The SMILES string of the molecule is CCC[C@H](NC(=O)C(C)Oc1ccccc1C#N)C(=O)O. The molecule has 1 aromatic rings. The van der Waals surface area contributed by atoms with Crippen molar-refractivity contribution in [1.82, 2.24) is 5.32 Å². The fraction of sp³-hybridized carbons (Fsp3) is 0.400. The smallest absolute Gasteiger partial charge is 0.326 e. The van der Waals surface area contributed by atoms with E-state index in [0.717, 1.165) is 0 Å². The minimum Gasteiger partial charge on any atom is -0.480 e. The number of ether oxygens (including phenoxy) is 1. The van der Waals surface area contributed by atoms with Crippen molar-refractivity contribution in [2.75, 3.05) is 0 Å². The number of nitrogens with one attached hydrogen (secondary N) is 1. The van der Waals surface area contributed by atoms with Gasteiger partial charge in [0.15, 0.2) is 6.10 Å². The van der Waals surface area contributed by atoms with Gasteiger partial charge in [-0.1, -0.05) is 25.5 Å². The van der Waals surface area contributed by atoms with Crippen LogP contribution in [0.2, 0.25) is 0 Å². The third-order valence-electron chi connectivity index (χ3n) is 2.87. The number of carbonyl (C=O) groups is 2. The van der Waals surface area contributed by atoms with Gasteiger partial charge in [0.1, 0.15) is 17.9 Å². The molecule has 6 nitrogen and oxygen atoms in total. The van der Waals surface area contributed by atoms with E-state index >= 15 is 0 Å². The second-order valence-electron chi connectivity index (χ2n) is 4.56. The Bertz CT molecular complexity index is 551. The largest absolute Gasteiger partial charge is 0.480 e. The maximum Gasteiger partial charge on any atom is 0.326 e. The van der Waals surface area contributed by atoms with Crippen LogP contribution in [0.15, 0.2) is 24.3 Å². The predicted octanol–water partition coefficient (Wildman–Crippen LogP) is 1.70. The molecule has 6 heteroatoms. The molecule has 0 bridgehead atoms. The van der Waals surface area contributed by atoms with Crippen LogP contribution in [-0.2, 0) is 9.59 Å². The summed E-state index contributed by atoms with van der Waals surface area (Å²) in [6.45, 7) is 3.35. The average molecular weight is 290 g/mol. The predicted molar refractivity (Wildman–Crippen MR) is 75.7 cm³/mol. The standard InChI is InChI=1S/C15H18N2O4/c1-3-6-12(15(19)20)17-14(18)10(2)21-13-8-5-4-7-11(13)9-16/h4-5,7-8,10,12H,3,6H2,1-2H3,(H,17,18)(H,19,20)/t10?,12-/m0/s1. The Balaban J connectivity index is 2.70. The van der Waals surface area contributed by atoms with Gasteiger partial charge in [-0.25, -0.2) is 4.79 Å². The van der Waals surface area contributed by atoms with Crippen molar-refractivity contribution in [3.8, 4) is 11.8 Å². The van der Waals surface area contributed by atoms with Crippen molar-refractivity contribution < 1.29 is 19.4 Å². The number of para-hydroxylation sites is 1. The highest BCUT2D eigenvalue weighted by atomic mass is 16.5. The molecule has 1 unspecified atom stereocenters. The molecule has 2 N–H and O–H groups in total. The van der Waals surface area contributed by atoms with E-state index in [9.17, 15) is 9.59 Å². The molecule has 1 amide bonds. The van der Waals surface area contributed by atoms with Crippen LogP contribution in [-0.4, -0.2) is 29.1 Å². The normalized spacial score (nSPS) is 12.8. The molecule has 0 saturated carbocycles. The summed E-state index contributed by atoms with van der Waals surface area (Å²) >= 11 is 0. The third-order valence-corrected chi connectivity index (χ3v) is 2.87. The highest BCUT2D eigenvalue weighted by Crippen LogP contribution is 2.18. The summed E-state index contributed by atoms with van der Waals surface area (Å²) in [5, 5.41) is 20.4. The van der Waals surface area contributed by atoms with Crippen LogP contribution < -0.4 is 10.1 Å². The van der Waals surface area contributed by atoms with Crippen LogP contribution in [0.4, 0.5) is 0 Å². The second-order valence-corrected chi connectivity index (χ2v) is 4.56. The number of aliphatic carboxylic acids is 1. The van der Waals surface area contributed by atoms with Gasteiger partial charge in [-0.2, -0.15) is 5.26 Å². The van der Waals surface area contributed by atoms with Crippen molar-refractivity contribution in [2.45, 2.75) is 38.8 Å². The highest BCUT2D eigenvalue weighted by molar-refractivity contribution is 5.86. The lowest BCUT2D eigenvalue weighted by Gasteiger charge is -2.18. The van der Waals surface area contributed by atoms with Gasteiger partial charge in [0.05, 0.1) is 5.56 Å². The number of benzene rings is 1. The minimum atomic E-state index is -1.07. The highest BCUT2D eigenvalue weighted by Gasteiger charge is 2.23. The molecule has 0 aliphatic heterocycles. The molecule has 0 radical (unpaired) electrons. The quantitative estimate of drug-likeness (QED) is 0.796. The van der Waals surface area contributed by atoms with E-state index in [0.29, 0.717) is 24.2 Å². The molecular weight excluding hydrogens is 272 g/mol. The van der Waals surface area contributed by atoms with Crippen molar-refractivity contribution in [3.63, 3.8) is 0 Å². The van der Waals surface area contributed by atoms with E-state index in [1.54, 1.807) is 24.3 Å². The fourth-order valence-corrected chi connectivity index (χ4v) is 1.74. The maximum atomic E-state index is 12.0. The number of carboxylic acid groups (broad SMARTS) is 1. The molecule has 1 rings (SSSR count). The van der Waals surface area contributed by atoms with Crippen LogP contribution in [0, 0.1) is 11.3 Å². The third kappa shape index (κ3) is 4.80. The summed E-state index contributed by atoms with van der Waals surface area (Å²) in [6.07, 6.45) is 0.102. The van der Waals surface area contributed by atoms with E-state index in [-0.39, 0.29) is 0 Å². The van der Waals surface area contributed by atoms with Gasteiger partial charge in [0.25, 0.3) is 5.91 Å². The molecule has 21 heavy (non-hydrogen) atoms. The first kappa shape index (κ1) is 16.5. The first-order chi connectivity index (χ1) is 9.99. The van der Waals surface area contributed by atoms with Crippen molar-refractivity contribution in [1.29, 1.82) is 5.26 Å². The van der Waals surface area contributed by atoms with Crippen LogP contribution >= 0.6 is 0 Å². The Morgan fingerprint density at radius 1 is 1.43 bits per heavy atom. The Morgan fingerprint density at radius 2 is 2.10 bits per heavy atom. The Hall–Kier alpha value is -2.55. The number of rotatable bonds is 7. The summed E-state index contributed by atoms with van der Waals surface area (Å²) < 4.78 is 5.43. The Labute approximate surface area is 123 Å². The minimum absolute atomic E-state index is 0.296.